The molecule has 0 radical (unpaired) electrons. The highest BCUT2D eigenvalue weighted by Crippen LogP contribution is 2.31. The summed E-state index contributed by atoms with van der Waals surface area (Å²) in [5, 5.41) is 2.20. The number of nitrogens with one attached hydrogen (secondary N) is 1. The number of carbonyl (C=O) groups is 4. The van der Waals surface area contributed by atoms with Crippen molar-refractivity contribution in [3.05, 3.63) is 24.3 Å². The summed E-state index contributed by atoms with van der Waals surface area (Å²) in [6, 6.07) is 6.93. The van der Waals surface area contributed by atoms with E-state index in [4.69, 9.17) is 14.2 Å². The van der Waals surface area contributed by atoms with Gasteiger partial charge in [-0.25, -0.2) is 4.79 Å². The third-order valence-electron chi connectivity index (χ3n) is 3.91. The van der Waals surface area contributed by atoms with Crippen LogP contribution in [-0.2, 0) is 19.1 Å². The number of fused-ring (bicyclic) bond motifs is 1. The van der Waals surface area contributed by atoms with Gasteiger partial charge in [0.15, 0.2) is 17.6 Å². The molecule has 27 heavy (non-hydrogen) atoms. The second kappa shape index (κ2) is 8.30. The topological polar surface area (TPSA) is 111 Å². The summed E-state index contributed by atoms with van der Waals surface area (Å²) >= 11 is 0.928. The Balaban J connectivity index is 1.43. The van der Waals surface area contributed by atoms with Crippen molar-refractivity contribution in [2.24, 2.45) is 0 Å². The minimum atomic E-state index is -1.06. The van der Waals surface area contributed by atoms with Gasteiger partial charge < -0.3 is 19.5 Å². The summed E-state index contributed by atoms with van der Waals surface area (Å²) in [4.78, 5) is 48.2. The molecule has 0 bridgehead atoms. The van der Waals surface area contributed by atoms with Crippen molar-refractivity contribution in [3.63, 3.8) is 0 Å². The fourth-order valence-corrected chi connectivity index (χ4v) is 3.22. The quantitative estimate of drug-likeness (QED) is 0.697. The summed E-state index contributed by atoms with van der Waals surface area (Å²) in [6.45, 7) is 1.57. The molecule has 0 unspecified atom stereocenters. The Hall–Kier alpha value is -2.75. The van der Waals surface area contributed by atoms with E-state index in [0.717, 1.165) is 16.7 Å². The Morgan fingerprint density at radius 2 is 2.07 bits per heavy atom. The number of para-hydroxylation sites is 2. The third kappa shape index (κ3) is 4.51. The van der Waals surface area contributed by atoms with Crippen LogP contribution in [0.3, 0.4) is 0 Å². The lowest BCUT2D eigenvalue weighted by molar-refractivity contribution is -0.163. The standard InChI is InChI=1S/C17H18N2O7S/c1-10(15(21)18-6-7-19-14(20)9-27-17(19)23)25-16(22)13-8-24-11-4-2-3-5-12(11)26-13/h2-5,10,13H,6-9H2,1H3,(H,18,21)/t10-,13+/m1/s1. The number of hydrogen-bond acceptors (Lipinski definition) is 8. The number of carbonyl (C=O) groups excluding carboxylic acids is 4. The average molecular weight is 394 g/mol. The van der Waals surface area contributed by atoms with Gasteiger partial charge in [-0.1, -0.05) is 23.9 Å². The highest BCUT2D eigenvalue weighted by molar-refractivity contribution is 8.14. The molecule has 1 aromatic rings. The van der Waals surface area contributed by atoms with Gasteiger partial charge in [0.1, 0.15) is 6.61 Å². The average Bonchev–Trinajstić information content (AvgIpc) is 2.99. The van der Waals surface area contributed by atoms with Gasteiger partial charge in [-0.2, -0.15) is 0 Å². The van der Waals surface area contributed by atoms with Gasteiger partial charge in [0, 0.05) is 13.1 Å². The van der Waals surface area contributed by atoms with Crippen LogP contribution >= 0.6 is 11.8 Å². The second-order valence-corrected chi connectivity index (χ2v) is 6.76. The number of esters is 1. The molecule has 2 aliphatic rings. The first kappa shape index (κ1) is 19.0. The van der Waals surface area contributed by atoms with Crippen LogP contribution < -0.4 is 14.8 Å². The number of ether oxygens (including phenoxy) is 3. The fraction of sp³-hybridized carbons (Fsp3) is 0.412. The van der Waals surface area contributed by atoms with Crippen molar-refractivity contribution in [2.45, 2.75) is 19.1 Å². The summed E-state index contributed by atoms with van der Waals surface area (Å²) in [7, 11) is 0. The van der Waals surface area contributed by atoms with Gasteiger partial charge in [0.25, 0.3) is 11.1 Å². The Kier molecular flexibility index (Phi) is 5.84. The molecule has 0 aliphatic carbocycles. The zero-order valence-electron chi connectivity index (χ0n) is 14.5. The van der Waals surface area contributed by atoms with Crippen LogP contribution in [0.5, 0.6) is 11.5 Å². The van der Waals surface area contributed by atoms with Crippen LogP contribution in [0.4, 0.5) is 4.79 Å². The molecule has 3 amide bonds. The van der Waals surface area contributed by atoms with E-state index >= 15 is 0 Å². The predicted octanol–water partition coefficient (Wildman–Crippen LogP) is 0.570. The predicted molar refractivity (Wildman–Crippen MR) is 94.5 cm³/mol. The van der Waals surface area contributed by atoms with Gasteiger partial charge in [0.05, 0.1) is 5.75 Å². The molecule has 144 valence electrons. The van der Waals surface area contributed by atoms with Crippen LogP contribution in [-0.4, -0.2) is 65.6 Å². The molecule has 1 N–H and O–H groups in total. The molecular formula is C17H18N2O7S. The van der Waals surface area contributed by atoms with Crippen molar-refractivity contribution in [1.29, 1.82) is 0 Å². The highest BCUT2D eigenvalue weighted by Gasteiger charge is 2.32. The molecule has 0 aromatic heterocycles. The third-order valence-corrected chi connectivity index (χ3v) is 4.77. The molecule has 0 saturated carbocycles. The maximum absolute atomic E-state index is 12.2. The number of benzene rings is 1. The van der Waals surface area contributed by atoms with Crippen molar-refractivity contribution in [3.8, 4) is 11.5 Å². The van der Waals surface area contributed by atoms with Crippen molar-refractivity contribution in [1.82, 2.24) is 10.2 Å². The van der Waals surface area contributed by atoms with E-state index in [9.17, 15) is 19.2 Å². The first-order valence-electron chi connectivity index (χ1n) is 8.29. The number of hydrogen-bond donors (Lipinski definition) is 1. The van der Waals surface area contributed by atoms with E-state index in [1.54, 1.807) is 24.3 Å². The molecular weight excluding hydrogens is 376 g/mol. The maximum Gasteiger partial charge on any atom is 0.351 e. The van der Waals surface area contributed by atoms with Gasteiger partial charge in [-0.05, 0) is 19.1 Å². The van der Waals surface area contributed by atoms with E-state index < -0.39 is 24.1 Å². The van der Waals surface area contributed by atoms with E-state index in [2.05, 4.69) is 5.32 Å². The van der Waals surface area contributed by atoms with Crippen LogP contribution in [0, 0.1) is 0 Å². The van der Waals surface area contributed by atoms with E-state index in [1.165, 1.54) is 6.92 Å². The largest absolute Gasteiger partial charge is 0.485 e. The number of amides is 3. The molecule has 2 heterocycles. The van der Waals surface area contributed by atoms with Crippen molar-refractivity contribution in [2.75, 3.05) is 25.4 Å². The van der Waals surface area contributed by atoms with Gasteiger partial charge in [-0.15, -0.1) is 0 Å². The summed E-state index contributed by atoms with van der Waals surface area (Å²) in [5.41, 5.74) is 0. The Bertz CT molecular complexity index is 753. The van der Waals surface area contributed by atoms with E-state index in [-0.39, 0.29) is 36.6 Å². The first-order valence-corrected chi connectivity index (χ1v) is 9.28. The smallest absolute Gasteiger partial charge is 0.351 e. The minimum Gasteiger partial charge on any atom is -0.485 e. The van der Waals surface area contributed by atoms with Crippen LogP contribution in [0.2, 0.25) is 0 Å². The van der Waals surface area contributed by atoms with Gasteiger partial charge in [-0.3, -0.25) is 19.3 Å². The zero-order chi connectivity index (χ0) is 19.4. The summed E-state index contributed by atoms with van der Waals surface area (Å²) < 4.78 is 16.1. The monoisotopic (exact) mass is 394 g/mol. The fourth-order valence-electron chi connectivity index (χ4n) is 2.47. The molecule has 10 heteroatoms. The number of imide groups is 1. The minimum absolute atomic E-state index is 0.0129. The van der Waals surface area contributed by atoms with Gasteiger partial charge in [0.2, 0.25) is 12.0 Å². The van der Waals surface area contributed by atoms with Gasteiger partial charge >= 0.3 is 5.97 Å². The number of rotatable bonds is 6. The van der Waals surface area contributed by atoms with Crippen LogP contribution in [0.1, 0.15) is 6.92 Å². The number of thioether (sulfide) groups is 1. The molecule has 2 atom stereocenters. The number of nitrogens with zero attached hydrogens (tertiary/aromatic N) is 1. The molecule has 1 fully saturated rings. The molecule has 0 spiro atoms. The van der Waals surface area contributed by atoms with Crippen LogP contribution in [0.25, 0.3) is 0 Å². The lowest BCUT2D eigenvalue weighted by atomic mass is 10.2. The van der Waals surface area contributed by atoms with Crippen LogP contribution in [0.15, 0.2) is 24.3 Å². The highest BCUT2D eigenvalue weighted by atomic mass is 32.2. The Labute approximate surface area is 159 Å². The summed E-state index contributed by atoms with van der Waals surface area (Å²) in [5.74, 6) is -0.445. The lowest BCUT2D eigenvalue weighted by Gasteiger charge is -2.26. The second-order valence-electron chi connectivity index (χ2n) is 5.83. The molecule has 9 nitrogen and oxygen atoms in total. The Morgan fingerprint density at radius 1 is 1.33 bits per heavy atom. The van der Waals surface area contributed by atoms with Crippen molar-refractivity contribution >= 4 is 34.8 Å². The SMILES string of the molecule is C[C@@H](OC(=O)[C@@H]1COc2ccccc2O1)C(=O)NCCN1C(=O)CSC1=O. The molecule has 1 saturated heterocycles. The molecule has 1 aromatic carbocycles. The van der Waals surface area contributed by atoms with E-state index in [0.29, 0.717) is 11.5 Å². The zero-order valence-corrected chi connectivity index (χ0v) is 15.3. The van der Waals surface area contributed by atoms with Crippen molar-refractivity contribution < 1.29 is 33.4 Å². The summed E-state index contributed by atoms with van der Waals surface area (Å²) in [6.07, 6.45) is -2.02. The Morgan fingerprint density at radius 3 is 2.78 bits per heavy atom. The molecule has 2 aliphatic heterocycles. The van der Waals surface area contributed by atoms with E-state index in [1.807, 2.05) is 0 Å². The first-order chi connectivity index (χ1) is 13.0. The maximum atomic E-state index is 12.2. The molecule has 3 rings (SSSR count). The lowest BCUT2D eigenvalue weighted by Crippen LogP contribution is -2.44. The normalized spacial score (nSPS) is 19.6.